The first-order valence-corrected chi connectivity index (χ1v) is 6.36. The Labute approximate surface area is 117 Å². The molecule has 0 fully saturated rings. The second kappa shape index (κ2) is 7.99. The number of furan rings is 1. The molecule has 5 heteroatoms. The molecule has 0 N–H and O–H groups in total. The van der Waals surface area contributed by atoms with Crippen molar-refractivity contribution in [3.8, 4) is 0 Å². The highest BCUT2D eigenvalue weighted by atomic mass is 16.6. The van der Waals surface area contributed by atoms with Gasteiger partial charge in [-0.1, -0.05) is 0 Å². The summed E-state index contributed by atoms with van der Waals surface area (Å²) in [5.74, 6) is -0.762. The van der Waals surface area contributed by atoms with Crippen LogP contribution in [0.3, 0.4) is 0 Å². The Kier molecular flexibility index (Phi) is 6.29. The zero-order valence-electron chi connectivity index (χ0n) is 11.8. The summed E-state index contributed by atoms with van der Waals surface area (Å²) in [5, 5.41) is 0. The monoisotopic (exact) mass is 278 g/mol. The summed E-state index contributed by atoms with van der Waals surface area (Å²) in [4.78, 5) is 23.5. The van der Waals surface area contributed by atoms with Gasteiger partial charge in [0.25, 0.3) is 0 Å². The number of carbonyl (C=O) groups is 2. The summed E-state index contributed by atoms with van der Waals surface area (Å²) in [5.41, 5.74) is 0.546. The van der Waals surface area contributed by atoms with Crippen LogP contribution in [0.1, 0.15) is 26.5 Å². The number of carbonyl (C=O) groups excluding carboxylic acids is 2. The lowest BCUT2D eigenvalue weighted by atomic mass is 10.1. The van der Waals surface area contributed by atoms with E-state index in [4.69, 9.17) is 13.9 Å². The second-order valence-electron chi connectivity index (χ2n) is 3.90. The molecule has 1 heterocycles. The van der Waals surface area contributed by atoms with Crippen LogP contribution in [0.2, 0.25) is 0 Å². The van der Waals surface area contributed by atoms with Crippen LogP contribution in [0.15, 0.2) is 40.0 Å². The molecule has 0 aliphatic rings. The summed E-state index contributed by atoms with van der Waals surface area (Å²) in [6, 6.07) is 3.52. The largest absolute Gasteiger partial charge is 0.465 e. The van der Waals surface area contributed by atoms with Crippen molar-refractivity contribution < 1.29 is 23.5 Å². The molecular weight excluding hydrogens is 260 g/mol. The molecule has 0 bridgehead atoms. The third kappa shape index (κ3) is 4.76. The van der Waals surface area contributed by atoms with Crippen LogP contribution in [-0.4, -0.2) is 25.2 Å². The first-order chi connectivity index (χ1) is 9.58. The fourth-order valence-corrected chi connectivity index (χ4v) is 1.49. The molecule has 20 heavy (non-hydrogen) atoms. The van der Waals surface area contributed by atoms with Gasteiger partial charge in [-0.3, -0.25) is 0 Å². The third-order valence-corrected chi connectivity index (χ3v) is 2.28. The van der Waals surface area contributed by atoms with Crippen molar-refractivity contribution in [1.29, 1.82) is 0 Å². The zero-order valence-corrected chi connectivity index (χ0v) is 11.8. The molecular formula is C15H18O5. The van der Waals surface area contributed by atoms with Gasteiger partial charge in [0.2, 0.25) is 0 Å². The van der Waals surface area contributed by atoms with Crippen LogP contribution in [0.25, 0.3) is 6.08 Å². The maximum Gasteiger partial charge on any atom is 0.345 e. The van der Waals surface area contributed by atoms with Gasteiger partial charge in [0.15, 0.2) is 0 Å². The summed E-state index contributed by atoms with van der Waals surface area (Å²) >= 11 is 0. The Hall–Kier alpha value is -2.30. The number of ether oxygens (including phenoxy) is 2. The van der Waals surface area contributed by atoms with E-state index in [0.29, 0.717) is 11.3 Å². The van der Waals surface area contributed by atoms with E-state index >= 15 is 0 Å². The zero-order chi connectivity index (χ0) is 15.0. The molecule has 0 spiro atoms. The minimum Gasteiger partial charge on any atom is -0.465 e. The summed E-state index contributed by atoms with van der Waals surface area (Å²) in [7, 11) is 0. The average molecular weight is 278 g/mol. The summed E-state index contributed by atoms with van der Waals surface area (Å²) in [6.45, 7) is 5.48. The Morgan fingerprint density at radius 1 is 1.20 bits per heavy atom. The lowest BCUT2D eigenvalue weighted by molar-refractivity contribution is -0.146. The van der Waals surface area contributed by atoms with Gasteiger partial charge in [-0.25, -0.2) is 9.59 Å². The molecule has 1 aromatic rings. The van der Waals surface area contributed by atoms with Crippen molar-refractivity contribution in [2.24, 2.45) is 0 Å². The first kappa shape index (κ1) is 15.8. The van der Waals surface area contributed by atoms with Crippen molar-refractivity contribution in [1.82, 2.24) is 0 Å². The molecule has 0 amide bonds. The SMILES string of the molecule is CCOC(=O)C(=C/C(C)=C/c1ccco1)C(=O)OCC. The molecule has 0 aliphatic carbocycles. The minimum absolute atomic E-state index is 0.131. The molecule has 1 aromatic heterocycles. The molecule has 1 rings (SSSR count). The van der Waals surface area contributed by atoms with Gasteiger partial charge in [-0.05, 0) is 50.6 Å². The van der Waals surface area contributed by atoms with Crippen molar-refractivity contribution in [3.63, 3.8) is 0 Å². The van der Waals surface area contributed by atoms with Gasteiger partial charge in [0.05, 0.1) is 19.5 Å². The van der Waals surface area contributed by atoms with Crippen molar-refractivity contribution in [2.75, 3.05) is 13.2 Å². The van der Waals surface area contributed by atoms with E-state index in [9.17, 15) is 9.59 Å². The van der Waals surface area contributed by atoms with Crippen LogP contribution in [0.5, 0.6) is 0 Å². The maximum atomic E-state index is 11.8. The van der Waals surface area contributed by atoms with Crippen LogP contribution < -0.4 is 0 Å². The molecule has 0 unspecified atom stereocenters. The predicted molar refractivity (Wildman–Crippen MR) is 73.7 cm³/mol. The number of esters is 2. The Balaban J connectivity index is 2.99. The standard InChI is InChI=1S/C15H18O5/c1-4-18-14(16)13(15(17)19-5-2)10-11(3)9-12-7-6-8-20-12/h6-10H,4-5H2,1-3H3/b11-9+. The van der Waals surface area contributed by atoms with E-state index in [0.717, 1.165) is 0 Å². The van der Waals surface area contributed by atoms with Gasteiger partial charge in [0, 0.05) is 0 Å². The van der Waals surface area contributed by atoms with Gasteiger partial charge >= 0.3 is 11.9 Å². The van der Waals surface area contributed by atoms with Crippen LogP contribution in [0.4, 0.5) is 0 Å². The molecule has 0 aliphatic heterocycles. The van der Waals surface area contributed by atoms with Crippen LogP contribution in [-0.2, 0) is 19.1 Å². The number of hydrogen-bond acceptors (Lipinski definition) is 5. The lowest BCUT2D eigenvalue weighted by Gasteiger charge is -2.06. The molecule has 108 valence electrons. The van der Waals surface area contributed by atoms with E-state index in [-0.39, 0.29) is 18.8 Å². The minimum atomic E-state index is -0.696. The highest BCUT2D eigenvalue weighted by Gasteiger charge is 2.20. The lowest BCUT2D eigenvalue weighted by Crippen LogP contribution is -2.18. The normalized spacial score (nSPS) is 10.8. The highest BCUT2D eigenvalue weighted by molar-refractivity contribution is 6.14. The van der Waals surface area contributed by atoms with E-state index < -0.39 is 11.9 Å². The third-order valence-electron chi connectivity index (χ3n) is 2.28. The fourth-order valence-electron chi connectivity index (χ4n) is 1.49. The first-order valence-electron chi connectivity index (χ1n) is 6.36. The molecule has 0 aromatic carbocycles. The van der Waals surface area contributed by atoms with Crippen LogP contribution in [0, 0.1) is 0 Å². The van der Waals surface area contributed by atoms with Crippen LogP contribution >= 0.6 is 0 Å². The molecule has 0 saturated carbocycles. The summed E-state index contributed by atoms with van der Waals surface area (Å²) in [6.07, 6.45) is 4.68. The smallest absolute Gasteiger partial charge is 0.345 e. The number of allylic oxidation sites excluding steroid dienone is 2. The van der Waals surface area contributed by atoms with E-state index in [1.165, 1.54) is 6.08 Å². The molecule has 5 nitrogen and oxygen atoms in total. The number of hydrogen-bond donors (Lipinski definition) is 0. The Morgan fingerprint density at radius 2 is 1.80 bits per heavy atom. The molecule has 0 saturated heterocycles. The van der Waals surface area contributed by atoms with Gasteiger partial charge in [-0.2, -0.15) is 0 Å². The Morgan fingerprint density at radius 3 is 2.25 bits per heavy atom. The molecule has 0 radical (unpaired) electrons. The van der Waals surface area contributed by atoms with Gasteiger partial charge in [-0.15, -0.1) is 0 Å². The average Bonchev–Trinajstić information content (AvgIpc) is 2.89. The highest BCUT2D eigenvalue weighted by Crippen LogP contribution is 2.12. The van der Waals surface area contributed by atoms with Gasteiger partial charge < -0.3 is 13.9 Å². The van der Waals surface area contributed by atoms with E-state index in [1.807, 2.05) is 0 Å². The fraction of sp³-hybridized carbons (Fsp3) is 0.333. The van der Waals surface area contributed by atoms with Crippen molar-refractivity contribution in [3.05, 3.63) is 41.4 Å². The quantitative estimate of drug-likeness (QED) is 0.263. The topological polar surface area (TPSA) is 65.7 Å². The second-order valence-corrected chi connectivity index (χ2v) is 3.90. The molecule has 0 atom stereocenters. The van der Waals surface area contributed by atoms with E-state index in [1.54, 1.807) is 45.2 Å². The van der Waals surface area contributed by atoms with Crippen molar-refractivity contribution >= 4 is 18.0 Å². The van der Waals surface area contributed by atoms with Gasteiger partial charge in [0.1, 0.15) is 11.3 Å². The predicted octanol–water partition coefficient (Wildman–Crippen LogP) is 2.74. The number of rotatable bonds is 6. The van der Waals surface area contributed by atoms with E-state index in [2.05, 4.69) is 0 Å². The maximum absolute atomic E-state index is 11.8. The summed E-state index contributed by atoms with van der Waals surface area (Å²) < 4.78 is 14.9. The van der Waals surface area contributed by atoms with Crippen molar-refractivity contribution in [2.45, 2.75) is 20.8 Å². The Bertz CT molecular complexity index is 488.